The van der Waals surface area contributed by atoms with Crippen LogP contribution in [0.2, 0.25) is 5.02 Å². The van der Waals surface area contributed by atoms with E-state index < -0.39 is 6.04 Å². The second-order valence-corrected chi connectivity index (χ2v) is 6.36. The summed E-state index contributed by atoms with van der Waals surface area (Å²) >= 11 is 5.90. The molecular weight excluding hydrogens is 318 g/mol. The van der Waals surface area contributed by atoms with Gasteiger partial charge in [-0.2, -0.15) is 4.98 Å². The SMILES string of the molecule is CC(C)C(=O)N1CCCC1C(=O)Nc1nc2ccc(Cl)cn2n1. The molecule has 1 fully saturated rings. The van der Waals surface area contributed by atoms with E-state index in [1.54, 1.807) is 23.2 Å². The predicted octanol–water partition coefficient (Wildman–Crippen LogP) is 1.97. The fourth-order valence-electron chi connectivity index (χ4n) is 2.74. The maximum absolute atomic E-state index is 12.5. The van der Waals surface area contributed by atoms with Gasteiger partial charge in [0.1, 0.15) is 6.04 Å². The number of fused-ring (bicyclic) bond motifs is 1. The monoisotopic (exact) mass is 335 g/mol. The molecule has 1 aliphatic heterocycles. The van der Waals surface area contributed by atoms with E-state index in [1.165, 1.54) is 4.52 Å². The maximum Gasteiger partial charge on any atom is 0.249 e. The lowest BCUT2D eigenvalue weighted by molar-refractivity contribution is -0.139. The van der Waals surface area contributed by atoms with Crippen LogP contribution >= 0.6 is 11.6 Å². The predicted molar refractivity (Wildman–Crippen MR) is 86.2 cm³/mol. The average molecular weight is 336 g/mol. The molecule has 3 rings (SSSR count). The molecule has 7 nitrogen and oxygen atoms in total. The van der Waals surface area contributed by atoms with E-state index in [4.69, 9.17) is 11.6 Å². The van der Waals surface area contributed by atoms with Crippen molar-refractivity contribution < 1.29 is 9.59 Å². The first-order valence-electron chi connectivity index (χ1n) is 7.59. The number of aromatic nitrogens is 3. The Balaban J connectivity index is 1.75. The van der Waals surface area contributed by atoms with Gasteiger partial charge in [0.2, 0.25) is 17.8 Å². The normalized spacial score (nSPS) is 17.9. The molecular formula is C15H18ClN5O2. The van der Waals surface area contributed by atoms with E-state index in [2.05, 4.69) is 15.4 Å². The standard InChI is InChI=1S/C15H18ClN5O2/c1-9(2)14(23)20-7-3-4-11(20)13(22)18-15-17-12-6-5-10(16)8-21(12)19-15/h5-6,8-9,11H,3-4,7H2,1-2H3,(H,18,19,22). The summed E-state index contributed by atoms with van der Waals surface area (Å²) in [6.07, 6.45) is 3.10. The zero-order valence-corrected chi connectivity index (χ0v) is 13.7. The minimum Gasteiger partial charge on any atom is -0.330 e. The summed E-state index contributed by atoms with van der Waals surface area (Å²) in [4.78, 5) is 30.5. The number of carbonyl (C=O) groups is 2. The second kappa shape index (κ2) is 6.16. The summed E-state index contributed by atoms with van der Waals surface area (Å²) in [6, 6.07) is 2.96. The van der Waals surface area contributed by atoms with Crippen LogP contribution in [0.25, 0.3) is 5.65 Å². The van der Waals surface area contributed by atoms with Gasteiger partial charge in [-0.05, 0) is 25.0 Å². The van der Waals surface area contributed by atoms with Gasteiger partial charge < -0.3 is 4.90 Å². The van der Waals surface area contributed by atoms with Crippen LogP contribution in [0.1, 0.15) is 26.7 Å². The Morgan fingerprint density at radius 1 is 1.39 bits per heavy atom. The molecule has 0 spiro atoms. The fraction of sp³-hybridized carbons (Fsp3) is 0.467. The number of likely N-dealkylation sites (tertiary alicyclic amines) is 1. The lowest BCUT2D eigenvalue weighted by atomic mass is 10.1. The van der Waals surface area contributed by atoms with Gasteiger partial charge in [-0.1, -0.05) is 25.4 Å². The molecule has 3 heterocycles. The highest BCUT2D eigenvalue weighted by atomic mass is 35.5. The van der Waals surface area contributed by atoms with Gasteiger partial charge in [0.25, 0.3) is 0 Å². The third-order valence-electron chi connectivity index (χ3n) is 3.86. The molecule has 0 bridgehead atoms. The van der Waals surface area contributed by atoms with E-state index >= 15 is 0 Å². The van der Waals surface area contributed by atoms with Gasteiger partial charge in [0.05, 0.1) is 5.02 Å². The Labute approximate surface area is 138 Å². The lowest BCUT2D eigenvalue weighted by Gasteiger charge is -2.25. The smallest absolute Gasteiger partial charge is 0.249 e. The van der Waals surface area contributed by atoms with Crippen molar-refractivity contribution in [3.05, 3.63) is 23.4 Å². The molecule has 1 atom stereocenters. The number of hydrogen-bond donors (Lipinski definition) is 1. The minimum absolute atomic E-state index is 0.00241. The van der Waals surface area contributed by atoms with Crippen molar-refractivity contribution >= 4 is 35.0 Å². The zero-order chi connectivity index (χ0) is 16.6. The van der Waals surface area contributed by atoms with Crippen molar-refractivity contribution in [1.82, 2.24) is 19.5 Å². The second-order valence-electron chi connectivity index (χ2n) is 5.92. The topological polar surface area (TPSA) is 79.6 Å². The molecule has 0 radical (unpaired) electrons. The average Bonchev–Trinajstić information content (AvgIpc) is 3.11. The molecule has 1 unspecified atom stereocenters. The van der Waals surface area contributed by atoms with Gasteiger partial charge >= 0.3 is 0 Å². The molecule has 0 saturated carbocycles. The summed E-state index contributed by atoms with van der Waals surface area (Å²) in [5.41, 5.74) is 0.589. The molecule has 1 aliphatic rings. The summed E-state index contributed by atoms with van der Waals surface area (Å²) in [5, 5.41) is 7.41. The Hall–Kier alpha value is -2.15. The highest BCUT2D eigenvalue weighted by Crippen LogP contribution is 2.21. The fourth-order valence-corrected chi connectivity index (χ4v) is 2.89. The number of pyridine rings is 1. The first-order valence-corrected chi connectivity index (χ1v) is 7.97. The Bertz CT molecular complexity index is 757. The van der Waals surface area contributed by atoms with Gasteiger partial charge in [-0.3, -0.25) is 14.9 Å². The van der Waals surface area contributed by atoms with Gasteiger partial charge in [0.15, 0.2) is 5.65 Å². The summed E-state index contributed by atoms with van der Waals surface area (Å²) in [5.74, 6) is -0.170. The third-order valence-corrected chi connectivity index (χ3v) is 4.09. The van der Waals surface area contributed by atoms with Gasteiger partial charge in [-0.15, -0.1) is 5.10 Å². The zero-order valence-electron chi connectivity index (χ0n) is 13.0. The van der Waals surface area contributed by atoms with Crippen LogP contribution in [-0.4, -0.2) is 43.9 Å². The first-order chi connectivity index (χ1) is 11.0. The highest BCUT2D eigenvalue weighted by Gasteiger charge is 2.35. The number of halogens is 1. The van der Waals surface area contributed by atoms with Crippen molar-refractivity contribution in [1.29, 1.82) is 0 Å². The molecule has 8 heteroatoms. The molecule has 2 aromatic heterocycles. The van der Waals surface area contributed by atoms with Crippen molar-refractivity contribution in [3.63, 3.8) is 0 Å². The Morgan fingerprint density at radius 3 is 2.91 bits per heavy atom. The van der Waals surface area contributed by atoms with E-state index in [0.717, 1.165) is 6.42 Å². The molecule has 122 valence electrons. The third kappa shape index (κ3) is 3.14. The van der Waals surface area contributed by atoms with Crippen LogP contribution in [0.5, 0.6) is 0 Å². The molecule has 2 aromatic rings. The number of nitrogens with one attached hydrogen (secondary N) is 1. The van der Waals surface area contributed by atoms with Crippen LogP contribution in [0.15, 0.2) is 18.3 Å². The Morgan fingerprint density at radius 2 is 2.17 bits per heavy atom. The number of carbonyl (C=O) groups excluding carboxylic acids is 2. The largest absolute Gasteiger partial charge is 0.330 e. The molecule has 2 amide bonds. The van der Waals surface area contributed by atoms with Crippen LogP contribution in [0.3, 0.4) is 0 Å². The molecule has 23 heavy (non-hydrogen) atoms. The summed E-state index contributed by atoms with van der Waals surface area (Å²) in [7, 11) is 0. The highest BCUT2D eigenvalue weighted by molar-refractivity contribution is 6.30. The van der Waals surface area contributed by atoms with Gasteiger partial charge in [-0.25, -0.2) is 4.52 Å². The quantitative estimate of drug-likeness (QED) is 0.930. The van der Waals surface area contributed by atoms with Crippen molar-refractivity contribution in [2.45, 2.75) is 32.7 Å². The van der Waals surface area contributed by atoms with Crippen molar-refractivity contribution in [3.8, 4) is 0 Å². The Kier molecular flexibility index (Phi) is 4.21. The summed E-state index contributed by atoms with van der Waals surface area (Å²) in [6.45, 7) is 4.29. The van der Waals surface area contributed by atoms with Crippen LogP contribution in [-0.2, 0) is 9.59 Å². The molecule has 0 aromatic carbocycles. The number of amides is 2. The van der Waals surface area contributed by atoms with Crippen LogP contribution in [0.4, 0.5) is 5.95 Å². The van der Waals surface area contributed by atoms with Crippen LogP contribution < -0.4 is 5.32 Å². The molecule has 0 aliphatic carbocycles. The van der Waals surface area contributed by atoms with E-state index in [-0.39, 0.29) is 23.7 Å². The number of hydrogen-bond acceptors (Lipinski definition) is 4. The maximum atomic E-state index is 12.5. The molecule has 1 saturated heterocycles. The van der Waals surface area contributed by atoms with Crippen molar-refractivity contribution in [2.24, 2.45) is 5.92 Å². The lowest BCUT2D eigenvalue weighted by Crippen LogP contribution is -2.44. The van der Waals surface area contributed by atoms with Crippen molar-refractivity contribution in [2.75, 3.05) is 11.9 Å². The van der Waals surface area contributed by atoms with Crippen LogP contribution in [0, 0.1) is 5.92 Å². The first kappa shape index (κ1) is 15.7. The molecule has 1 N–H and O–H groups in total. The van der Waals surface area contributed by atoms with E-state index in [1.807, 2.05) is 13.8 Å². The van der Waals surface area contributed by atoms with E-state index in [0.29, 0.717) is 23.6 Å². The number of nitrogens with zero attached hydrogens (tertiary/aromatic N) is 4. The summed E-state index contributed by atoms with van der Waals surface area (Å²) < 4.78 is 1.50. The number of anilines is 1. The van der Waals surface area contributed by atoms with Gasteiger partial charge in [0, 0.05) is 18.7 Å². The number of rotatable bonds is 3. The minimum atomic E-state index is -0.458. The van der Waals surface area contributed by atoms with E-state index in [9.17, 15) is 9.59 Å².